The van der Waals surface area contributed by atoms with Crippen molar-refractivity contribution in [3.05, 3.63) is 24.3 Å². The van der Waals surface area contributed by atoms with Crippen molar-refractivity contribution >= 4 is 14.4 Å². The van der Waals surface area contributed by atoms with Crippen LogP contribution in [0, 0.1) is 0 Å². The van der Waals surface area contributed by atoms with E-state index in [0.29, 0.717) is 11.4 Å². The van der Waals surface area contributed by atoms with Crippen LogP contribution in [0.15, 0.2) is 24.3 Å². The van der Waals surface area contributed by atoms with Crippen LogP contribution in [0.4, 0.5) is 5.69 Å². The molecule has 2 N–H and O–H groups in total. The highest BCUT2D eigenvalue weighted by atomic mass is 31.1. The van der Waals surface area contributed by atoms with Crippen LogP contribution in [0.2, 0.25) is 0 Å². The molecule has 1 aromatic carbocycles. The molecule has 0 saturated carbocycles. The van der Waals surface area contributed by atoms with Gasteiger partial charge in [-0.05, 0) is 12.1 Å². The number of hydrogen-bond acceptors (Lipinski definition) is 4. The summed E-state index contributed by atoms with van der Waals surface area (Å²) in [7, 11) is -1.36. The van der Waals surface area contributed by atoms with E-state index in [1.807, 2.05) is 0 Å². The van der Waals surface area contributed by atoms with Gasteiger partial charge in [-0.2, -0.15) is 0 Å². The van der Waals surface area contributed by atoms with Gasteiger partial charge >= 0.3 is 0 Å². The molecule has 5 heteroatoms. The van der Waals surface area contributed by atoms with Gasteiger partial charge in [0.05, 0.1) is 5.69 Å². The minimum absolute atomic E-state index is 0.385. The van der Waals surface area contributed by atoms with E-state index in [1.54, 1.807) is 24.3 Å². The molecule has 0 amide bonds. The van der Waals surface area contributed by atoms with E-state index in [1.165, 1.54) is 0 Å². The first-order chi connectivity index (χ1) is 5.34. The molecule has 0 aliphatic rings. The maximum Gasteiger partial charge on any atom is 0.226 e. The van der Waals surface area contributed by atoms with Crippen molar-refractivity contribution in [2.75, 3.05) is 5.73 Å². The lowest BCUT2D eigenvalue weighted by Gasteiger charge is -2.01. The van der Waals surface area contributed by atoms with E-state index in [4.69, 9.17) is 5.73 Å². The SMILES string of the molecule is Nc1ccccc1OO[PH2]=O. The highest BCUT2D eigenvalue weighted by Crippen LogP contribution is 2.20. The summed E-state index contributed by atoms with van der Waals surface area (Å²) in [6.07, 6.45) is 0. The fourth-order valence-electron chi connectivity index (χ4n) is 0.628. The van der Waals surface area contributed by atoms with Crippen molar-refractivity contribution in [2.45, 2.75) is 0 Å². The molecule has 0 aromatic heterocycles. The fraction of sp³-hybridized carbons (Fsp3) is 0. The summed E-state index contributed by atoms with van der Waals surface area (Å²) in [6, 6.07) is 6.81. The standard InChI is InChI=1S/C6H8NO3P/c7-5-3-1-2-4-6(5)9-10-11-8/h1-4H,7,11H2. The first-order valence-corrected chi connectivity index (χ1v) is 3.90. The van der Waals surface area contributed by atoms with E-state index < -0.39 is 8.69 Å². The Kier molecular flexibility index (Phi) is 2.95. The lowest BCUT2D eigenvalue weighted by Crippen LogP contribution is -1.92. The minimum atomic E-state index is -1.36. The molecule has 1 unspecified atom stereocenters. The monoisotopic (exact) mass is 173 g/mol. The maximum absolute atomic E-state index is 9.91. The first-order valence-electron chi connectivity index (χ1n) is 2.96. The Labute approximate surface area is 65.1 Å². The number of nitrogens with two attached hydrogens (primary N) is 1. The van der Waals surface area contributed by atoms with Crippen LogP contribution in [-0.2, 0) is 9.24 Å². The number of benzene rings is 1. The van der Waals surface area contributed by atoms with Crippen molar-refractivity contribution in [1.29, 1.82) is 0 Å². The molecule has 0 radical (unpaired) electrons. The summed E-state index contributed by atoms with van der Waals surface area (Å²) >= 11 is 0. The minimum Gasteiger partial charge on any atom is -0.396 e. The van der Waals surface area contributed by atoms with Gasteiger partial charge in [-0.1, -0.05) is 12.1 Å². The number of hydrogen-bond donors (Lipinski definition) is 1. The van der Waals surface area contributed by atoms with E-state index in [0.717, 1.165) is 0 Å². The Balaban J connectivity index is 2.69. The molecule has 0 aliphatic heterocycles. The Morgan fingerprint density at radius 1 is 1.36 bits per heavy atom. The molecule has 0 spiro atoms. The zero-order chi connectivity index (χ0) is 8.10. The Morgan fingerprint density at radius 2 is 2.09 bits per heavy atom. The second-order valence-electron chi connectivity index (χ2n) is 1.81. The van der Waals surface area contributed by atoms with Gasteiger partial charge in [-0.15, -0.1) is 4.67 Å². The third-order valence-corrected chi connectivity index (χ3v) is 1.27. The van der Waals surface area contributed by atoms with E-state index in [9.17, 15) is 4.57 Å². The van der Waals surface area contributed by atoms with Crippen LogP contribution in [0.5, 0.6) is 5.75 Å². The van der Waals surface area contributed by atoms with Crippen LogP contribution in [0.1, 0.15) is 0 Å². The topological polar surface area (TPSA) is 61.6 Å². The average Bonchev–Trinajstić information content (AvgIpc) is 2.03. The number of anilines is 1. The van der Waals surface area contributed by atoms with Crippen molar-refractivity contribution in [1.82, 2.24) is 0 Å². The van der Waals surface area contributed by atoms with Gasteiger partial charge in [0.25, 0.3) is 0 Å². The average molecular weight is 173 g/mol. The van der Waals surface area contributed by atoms with Gasteiger partial charge in [-0.3, -0.25) is 4.57 Å². The van der Waals surface area contributed by atoms with E-state index in [2.05, 4.69) is 9.56 Å². The molecule has 0 saturated heterocycles. The summed E-state index contributed by atoms with van der Waals surface area (Å²) in [5.41, 5.74) is 5.92. The molecule has 11 heavy (non-hydrogen) atoms. The molecule has 0 bridgehead atoms. The number of para-hydroxylation sites is 2. The molecule has 1 rings (SSSR count). The summed E-state index contributed by atoms with van der Waals surface area (Å²) in [6.45, 7) is 0. The van der Waals surface area contributed by atoms with Gasteiger partial charge in [0.15, 0.2) is 5.75 Å². The van der Waals surface area contributed by atoms with Crippen LogP contribution in [-0.4, -0.2) is 0 Å². The summed E-state index contributed by atoms with van der Waals surface area (Å²) in [5.74, 6) is 0.385. The Morgan fingerprint density at radius 3 is 2.73 bits per heavy atom. The second-order valence-corrected chi connectivity index (χ2v) is 2.20. The fourth-order valence-corrected chi connectivity index (χ4v) is 0.771. The van der Waals surface area contributed by atoms with Gasteiger partial charge in [-0.25, -0.2) is 0 Å². The van der Waals surface area contributed by atoms with Crippen LogP contribution < -0.4 is 10.6 Å². The lowest BCUT2D eigenvalue weighted by molar-refractivity contribution is -0.0858. The normalized spacial score (nSPS) is 10.5. The molecule has 4 nitrogen and oxygen atoms in total. The predicted octanol–water partition coefficient (Wildman–Crippen LogP) is 1.25. The predicted molar refractivity (Wildman–Crippen MR) is 43.0 cm³/mol. The van der Waals surface area contributed by atoms with Crippen molar-refractivity contribution in [2.24, 2.45) is 0 Å². The van der Waals surface area contributed by atoms with Gasteiger partial charge < -0.3 is 10.6 Å². The zero-order valence-electron chi connectivity index (χ0n) is 5.69. The number of rotatable bonds is 3. The number of nitrogen functional groups attached to an aromatic ring is 1. The lowest BCUT2D eigenvalue weighted by atomic mass is 10.3. The molecule has 1 atom stereocenters. The Hall–Kier alpha value is -0.990. The molecule has 0 fully saturated rings. The second kappa shape index (κ2) is 4.01. The van der Waals surface area contributed by atoms with Crippen LogP contribution in [0.25, 0.3) is 0 Å². The third-order valence-electron chi connectivity index (χ3n) is 1.10. The van der Waals surface area contributed by atoms with Gasteiger partial charge in [0.1, 0.15) is 0 Å². The van der Waals surface area contributed by atoms with Gasteiger partial charge in [0, 0.05) is 0 Å². The third kappa shape index (κ3) is 2.26. The Bertz CT molecular complexity index is 253. The van der Waals surface area contributed by atoms with Crippen LogP contribution >= 0.6 is 8.69 Å². The maximum atomic E-state index is 9.91. The summed E-state index contributed by atoms with van der Waals surface area (Å²) in [4.78, 5) is 4.59. The smallest absolute Gasteiger partial charge is 0.226 e. The van der Waals surface area contributed by atoms with Crippen molar-refractivity contribution in [3.63, 3.8) is 0 Å². The molecule has 0 aliphatic carbocycles. The molecule has 1 aromatic rings. The molecule has 60 valence electrons. The quantitative estimate of drug-likeness (QED) is 0.323. The highest BCUT2D eigenvalue weighted by Gasteiger charge is 1.96. The first kappa shape index (κ1) is 8.11. The van der Waals surface area contributed by atoms with E-state index >= 15 is 0 Å². The molecule has 0 heterocycles. The summed E-state index contributed by atoms with van der Waals surface area (Å²) in [5, 5.41) is 0. The molecular weight excluding hydrogens is 165 g/mol. The zero-order valence-corrected chi connectivity index (χ0v) is 6.84. The van der Waals surface area contributed by atoms with Crippen molar-refractivity contribution < 1.29 is 14.1 Å². The largest absolute Gasteiger partial charge is 0.396 e. The van der Waals surface area contributed by atoms with Crippen LogP contribution in [0.3, 0.4) is 0 Å². The molecular formula is C6H8NO3P. The van der Waals surface area contributed by atoms with E-state index in [-0.39, 0.29) is 0 Å². The van der Waals surface area contributed by atoms with Gasteiger partial charge in [0.2, 0.25) is 8.69 Å². The highest BCUT2D eigenvalue weighted by molar-refractivity contribution is 7.17. The summed E-state index contributed by atoms with van der Waals surface area (Å²) < 4.78 is 14.2. The van der Waals surface area contributed by atoms with Crippen molar-refractivity contribution in [3.8, 4) is 5.75 Å².